The molecule has 27 heteroatoms. The van der Waals surface area contributed by atoms with Crippen molar-refractivity contribution in [3.8, 4) is 0 Å². The SMILES string of the molecule is CC[C@H](C)[C@H](NC(=O)[C@H](Cc1c[nH]c2ccccc12)NC(=O)[C@H](CO)NC(=O)[C@H](CCSC)NC(=O)CN)C(=O)N[C@H](C(=O)N[C@@H](CCC(N)=O)C(=O)NCC(=O)N[C@@H](CC(C)C)C(=O)N[C@@H](CC(C)C)C(=O)O)[C@@H](C)O. The van der Waals surface area contributed by atoms with Gasteiger partial charge >= 0.3 is 5.97 Å². The van der Waals surface area contributed by atoms with Crippen LogP contribution in [0.25, 0.3) is 10.9 Å². The van der Waals surface area contributed by atoms with Crippen LogP contribution in [0.5, 0.6) is 0 Å². The molecule has 1 aromatic carbocycles. The highest BCUT2D eigenvalue weighted by Gasteiger charge is 2.37. The van der Waals surface area contributed by atoms with E-state index < -0.39 is 158 Å². The fourth-order valence-corrected chi connectivity index (χ4v) is 8.32. The second kappa shape index (κ2) is 33.3. The predicted molar refractivity (Wildman–Crippen MR) is 286 cm³/mol. The summed E-state index contributed by atoms with van der Waals surface area (Å²) in [5, 5.41) is 53.7. The van der Waals surface area contributed by atoms with Crippen LogP contribution in [-0.4, -0.2) is 171 Å². The van der Waals surface area contributed by atoms with E-state index in [1.54, 1.807) is 78.3 Å². The number of nitrogens with two attached hydrogens (primary N) is 2. The van der Waals surface area contributed by atoms with Crippen molar-refractivity contribution in [3.05, 3.63) is 36.0 Å². The van der Waals surface area contributed by atoms with Gasteiger partial charge in [0.05, 0.1) is 25.8 Å². The number of aromatic nitrogens is 1. The zero-order chi connectivity index (χ0) is 58.1. The summed E-state index contributed by atoms with van der Waals surface area (Å²) in [6.07, 6.45) is 1.40. The minimum absolute atomic E-state index is 0.0780. The molecule has 0 spiro atoms. The number of carbonyl (C=O) groups excluding carboxylic acids is 10. The molecule has 0 unspecified atom stereocenters. The van der Waals surface area contributed by atoms with Gasteiger partial charge in [0, 0.05) is 29.9 Å². The third kappa shape index (κ3) is 22.7. The van der Waals surface area contributed by atoms with Gasteiger partial charge in [0.2, 0.25) is 59.1 Å². The molecular formula is C50H80N12O14S. The molecule has 1 heterocycles. The maximum Gasteiger partial charge on any atom is 0.326 e. The van der Waals surface area contributed by atoms with Crippen molar-refractivity contribution in [3.63, 3.8) is 0 Å². The first-order valence-electron chi connectivity index (χ1n) is 25.5. The summed E-state index contributed by atoms with van der Waals surface area (Å²) < 4.78 is 0. The summed E-state index contributed by atoms with van der Waals surface area (Å²) in [6, 6.07) is -4.35. The van der Waals surface area contributed by atoms with Gasteiger partial charge in [-0.2, -0.15) is 11.8 Å². The number of para-hydroxylation sites is 1. The molecule has 10 amide bonds. The second-order valence-electron chi connectivity index (χ2n) is 19.6. The fraction of sp³-hybridized carbons (Fsp3) is 0.620. The van der Waals surface area contributed by atoms with E-state index in [2.05, 4.69) is 52.8 Å². The van der Waals surface area contributed by atoms with Crippen LogP contribution >= 0.6 is 11.8 Å². The number of aliphatic hydroxyl groups is 2. The molecule has 0 saturated heterocycles. The van der Waals surface area contributed by atoms with Crippen molar-refractivity contribution in [2.45, 2.75) is 148 Å². The van der Waals surface area contributed by atoms with Crippen molar-refractivity contribution in [2.24, 2.45) is 29.2 Å². The number of thioether (sulfide) groups is 1. The molecular weight excluding hydrogens is 1020 g/mol. The molecule has 0 aliphatic carbocycles. The molecule has 430 valence electrons. The number of carbonyl (C=O) groups is 11. The van der Waals surface area contributed by atoms with Crippen LogP contribution in [0.2, 0.25) is 0 Å². The first-order valence-corrected chi connectivity index (χ1v) is 26.9. The maximum atomic E-state index is 14.4. The lowest BCUT2D eigenvalue weighted by molar-refractivity contribution is -0.142. The molecule has 0 fully saturated rings. The number of aliphatic carboxylic acids is 1. The second-order valence-corrected chi connectivity index (χ2v) is 20.6. The van der Waals surface area contributed by atoms with Gasteiger partial charge in [0.25, 0.3) is 0 Å². The number of fused-ring (bicyclic) bond motifs is 1. The van der Waals surface area contributed by atoms with Gasteiger partial charge in [-0.25, -0.2) is 4.79 Å². The summed E-state index contributed by atoms with van der Waals surface area (Å²) in [6.45, 7) is 9.53. The van der Waals surface area contributed by atoms with Crippen LogP contribution in [0.1, 0.15) is 92.6 Å². The van der Waals surface area contributed by atoms with Gasteiger partial charge in [-0.3, -0.25) is 47.9 Å². The Morgan fingerprint density at radius 1 is 0.636 bits per heavy atom. The maximum absolute atomic E-state index is 14.4. The van der Waals surface area contributed by atoms with Crippen molar-refractivity contribution >= 4 is 87.7 Å². The summed E-state index contributed by atoms with van der Waals surface area (Å²) >= 11 is 1.40. The predicted octanol–water partition coefficient (Wildman–Crippen LogP) is -2.72. The minimum atomic E-state index is -1.80. The first-order chi connectivity index (χ1) is 36.3. The van der Waals surface area contributed by atoms with E-state index in [0.717, 1.165) is 6.92 Å². The van der Waals surface area contributed by atoms with E-state index in [1.807, 2.05) is 0 Å². The minimum Gasteiger partial charge on any atom is -0.480 e. The number of aliphatic hydroxyl groups excluding tert-OH is 2. The molecule has 17 N–H and O–H groups in total. The number of carboxylic acid groups (broad SMARTS) is 1. The monoisotopic (exact) mass is 1100 g/mol. The third-order valence-corrected chi connectivity index (χ3v) is 12.9. The topological polar surface area (TPSA) is 425 Å². The molecule has 0 aliphatic heterocycles. The number of hydrogen-bond donors (Lipinski definition) is 15. The highest BCUT2D eigenvalue weighted by atomic mass is 32.2. The van der Waals surface area contributed by atoms with E-state index >= 15 is 0 Å². The number of H-pyrrole nitrogens is 1. The van der Waals surface area contributed by atoms with Gasteiger partial charge < -0.3 is 79.6 Å². The van der Waals surface area contributed by atoms with Crippen LogP contribution in [0.15, 0.2) is 30.5 Å². The molecule has 0 radical (unpaired) electrons. The molecule has 1 aromatic heterocycles. The normalized spacial score (nSPS) is 15.2. The summed E-state index contributed by atoms with van der Waals surface area (Å²) in [5.41, 5.74) is 12.1. The van der Waals surface area contributed by atoms with Crippen molar-refractivity contribution in [1.82, 2.24) is 52.8 Å². The molecule has 0 bridgehead atoms. The Labute approximate surface area is 452 Å². The lowest BCUT2D eigenvalue weighted by Crippen LogP contribution is -2.62. The molecule has 0 aliphatic rings. The van der Waals surface area contributed by atoms with Gasteiger partial charge in [0.15, 0.2) is 0 Å². The van der Waals surface area contributed by atoms with E-state index in [4.69, 9.17) is 11.5 Å². The van der Waals surface area contributed by atoms with Crippen molar-refractivity contribution in [2.75, 3.05) is 31.7 Å². The van der Waals surface area contributed by atoms with Crippen LogP contribution < -0.4 is 59.3 Å². The molecule has 0 saturated carbocycles. The third-order valence-electron chi connectivity index (χ3n) is 12.3. The fourth-order valence-electron chi connectivity index (χ4n) is 7.85. The van der Waals surface area contributed by atoms with Gasteiger partial charge in [0.1, 0.15) is 48.3 Å². The average Bonchev–Trinajstić information content (AvgIpc) is 3.78. The van der Waals surface area contributed by atoms with E-state index in [1.165, 1.54) is 11.8 Å². The number of rotatable bonds is 35. The lowest BCUT2D eigenvalue weighted by Gasteiger charge is -2.30. The van der Waals surface area contributed by atoms with Crippen LogP contribution in [0.3, 0.4) is 0 Å². The van der Waals surface area contributed by atoms with Crippen LogP contribution in [0, 0.1) is 17.8 Å². The molecule has 2 aromatic rings. The van der Waals surface area contributed by atoms with Crippen LogP contribution in [0.4, 0.5) is 0 Å². The summed E-state index contributed by atoms with van der Waals surface area (Å²) in [5.74, 6) is -10.6. The highest BCUT2D eigenvalue weighted by molar-refractivity contribution is 7.98. The molecule has 77 heavy (non-hydrogen) atoms. The molecule has 10 atom stereocenters. The Bertz CT molecular complexity index is 2350. The largest absolute Gasteiger partial charge is 0.480 e. The number of hydrogen-bond acceptors (Lipinski definition) is 15. The number of amides is 10. The lowest BCUT2D eigenvalue weighted by atomic mass is 9.96. The van der Waals surface area contributed by atoms with Crippen molar-refractivity contribution < 1.29 is 68.1 Å². The van der Waals surface area contributed by atoms with E-state index in [0.29, 0.717) is 22.2 Å². The Balaban J connectivity index is 2.38. The smallest absolute Gasteiger partial charge is 0.326 e. The highest BCUT2D eigenvalue weighted by Crippen LogP contribution is 2.20. The van der Waals surface area contributed by atoms with Crippen molar-refractivity contribution in [1.29, 1.82) is 0 Å². The Hall–Kier alpha value is -6.84. The number of nitrogens with one attached hydrogen (secondary N) is 10. The Kier molecular flexibility index (Phi) is 28.7. The zero-order valence-electron chi connectivity index (χ0n) is 45.0. The van der Waals surface area contributed by atoms with Gasteiger partial charge in [-0.1, -0.05) is 66.2 Å². The quantitative estimate of drug-likeness (QED) is 0.0333. The Morgan fingerprint density at radius 2 is 1.16 bits per heavy atom. The summed E-state index contributed by atoms with van der Waals surface area (Å²) in [7, 11) is 0. The first kappa shape index (κ1) is 66.3. The van der Waals surface area contributed by atoms with Gasteiger partial charge in [-0.15, -0.1) is 0 Å². The number of benzene rings is 1. The zero-order valence-corrected chi connectivity index (χ0v) is 45.8. The summed E-state index contributed by atoms with van der Waals surface area (Å²) in [4.78, 5) is 149. The number of primary amides is 1. The Morgan fingerprint density at radius 3 is 1.73 bits per heavy atom. The van der Waals surface area contributed by atoms with E-state index in [9.17, 15) is 68.1 Å². The van der Waals surface area contributed by atoms with Gasteiger partial charge in [-0.05, 0) is 74.0 Å². The van der Waals surface area contributed by atoms with Crippen LogP contribution in [-0.2, 0) is 59.2 Å². The van der Waals surface area contributed by atoms with E-state index in [-0.39, 0.29) is 43.9 Å². The molecule has 26 nitrogen and oxygen atoms in total. The average molecular weight is 1110 g/mol. The number of carboxylic acids is 1. The molecule has 2 rings (SSSR count). The standard InChI is InChI=1S/C50H80N12O14S/c1-9-27(6)41(61-46(71)35(20-29-22-53-31-13-11-10-12-30(29)31)58-47(72)37(24-63)60-44(69)33(16-17-77-8)55-39(66)21-51)48(73)62-42(28(7)64)49(74)57-32(14-15-38(52)65)43(68)54-23-40(67)56-34(18-25(2)3)45(70)59-36(50(75)76)19-26(4)5/h10-13,22,25-28,32-37,41-42,53,63-64H,9,14-21,23-24,51H2,1-8H3,(H2,52,65)(H,54,68)(H,55,66)(H,56,67)(H,57,74)(H,58,72)(H,59,70)(H,60,69)(H,61,71)(H,62,73)(H,75,76)/t27-,28+,32-,33-,34-,35-,36-,37-,41-,42-/m0/s1. The number of aromatic amines is 1.